The number of carbonyl (C=O) groups excluding carboxylic acids is 2. The van der Waals surface area contributed by atoms with Crippen LogP contribution in [0, 0.1) is 10.1 Å². The van der Waals surface area contributed by atoms with Crippen LogP contribution >= 0.6 is 11.6 Å². The number of Topliss-reactive ketones (excluding diaryl/α,β-unsaturated/α-hetero) is 1. The maximum atomic E-state index is 13.1. The van der Waals surface area contributed by atoms with Gasteiger partial charge >= 0.3 is 0 Å². The van der Waals surface area contributed by atoms with Crippen LogP contribution in [-0.2, 0) is 9.59 Å². The van der Waals surface area contributed by atoms with E-state index in [1.807, 2.05) is 19.0 Å². The van der Waals surface area contributed by atoms with Gasteiger partial charge in [0.15, 0.2) is 0 Å². The highest BCUT2D eigenvalue weighted by Gasteiger charge is 2.46. The molecular formula is C24H26ClN3O6. The third kappa shape index (κ3) is 5.21. The number of halogens is 1. The summed E-state index contributed by atoms with van der Waals surface area (Å²) in [4.78, 5) is 40.1. The van der Waals surface area contributed by atoms with E-state index in [9.17, 15) is 24.8 Å². The molecule has 180 valence electrons. The number of carbonyl (C=O) groups is 2. The molecule has 0 saturated carbocycles. The van der Waals surface area contributed by atoms with Crippen LogP contribution < -0.4 is 4.74 Å². The Balaban J connectivity index is 2.13. The Hall–Kier alpha value is -3.43. The fourth-order valence-electron chi connectivity index (χ4n) is 3.90. The van der Waals surface area contributed by atoms with E-state index >= 15 is 0 Å². The van der Waals surface area contributed by atoms with Crippen molar-refractivity contribution in [1.29, 1.82) is 0 Å². The minimum absolute atomic E-state index is 0.143. The number of hydrogen-bond acceptors (Lipinski definition) is 7. The zero-order valence-electron chi connectivity index (χ0n) is 19.2. The Kier molecular flexibility index (Phi) is 7.90. The quantitative estimate of drug-likeness (QED) is 0.187. The topological polar surface area (TPSA) is 113 Å². The monoisotopic (exact) mass is 487 g/mol. The summed E-state index contributed by atoms with van der Waals surface area (Å²) in [5.41, 5.74) is 0.267. The van der Waals surface area contributed by atoms with E-state index in [-0.39, 0.29) is 28.4 Å². The van der Waals surface area contributed by atoms with Gasteiger partial charge in [-0.2, -0.15) is 0 Å². The second kappa shape index (κ2) is 10.7. The lowest BCUT2D eigenvalue weighted by atomic mass is 9.95. The molecule has 3 rings (SSSR count). The van der Waals surface area contributed by atoms with Crippen molar-refractivity contribution in [2.45, 2.75) is 19.4 Å². The Morgan fingerprint density at radius 3 is 2.59 bits per heavy atom. The van der Waals surface area contributed by atoms with E-state index in [0.29, 0.717) is 30.9 Å². The third-order valence-electron chi connectivity index (χ3n) is 5.45. The molecule has 2 aromatic rings. The molecule has 2 aromatic carbocycles. The van der Waals surface area contributed by atoms with E-state index in [1.54, 1.807) is 19.1 Å². The number of likely N-dealkylation sites (tertiary alicyclic amines) is 1. The molecule has 0 radical (unpaired) electrons. The number of non-ortho nitro benzene ring substituents is 1. The van der Waals surface area contributed by atoms with E-state index in [2.05, 4.69) is 0 Å². The molecule has 1 N–H and O–H groups in total. The molecule has 0 bridgehead atoms. The predicted octanol–water partition coefficient (Wildman–Crippen LogP) is 4.02. The van der Waals surface area contributed by atoms with Crippen molar-refractivity contribution in [2.24, 2.45) is 0 Å². The van der Waals surface area contributed by atoms with Crippen molar-refractivity contribution < 1.29 is 24.4 Å². The number of nitro benzene ring substituents is 1. The first-order chi connectivity index (χ1) is 16.1. The highest BCUT2D eigenvalue weighted by Crippen LogP contribution is 2.41. The van der Waals surface area contributed by atoms with Crippen LogP contribution in [0.1, 0.15) is 30.5 Å². The van der Waals surface area contributed by atoms with Gasteiger partial charge in [-0.3, -0.25) is 19.7 Å². The molecule has 1 atom stereocenters. The number of nitro groups is 1. The molecule has 9 nitrogen and oxygen atoms in total. The van der Waals surface area contributed by atoms with Crippen LogP contribution in [0.5, 0.6) is 5.75 Å². The van der Waals surface area contributed by atoms with Gasteiger partial charge in [-0.1, -0.05) is 23.7 Å². The summed E-state index contributed by atoms with van der Waals surface area (Å²) in [6.07, 6.45) is 0.570. The number of ether oxygens (including phenoxy) is 1. The maximum absolute atomic E-state index is 13.1. The van der Waals surface area contributed by atoms with Crippen molar-refractivity contribution >= 4 is 34.7 Å². The molecule has 1 fully saturated rings. The SMILES string of the molecule is CCOc1ccc(/C(O)=C2\C(=O)C(=O)N(CCCN(C)C)[C@H]2c2cccc([N+](=O)[O-])c2)cc1Cl. The summed E-state index contributed by atoms with van der Waals surface area (Å²) in [6.45, 7) is 3.10. The first kappa shape index (κ1) is 25.2. The number of benzene rings is 2. The Morgan fingerprint density at radius 1 is 1.24 bits per heavy atom. The van der Waals surface area contributed by atoms with Crippen molar-refractivity contribution in [2.75, 3.05) is 33.8 Å². The van der Waals surface area contributed by atoms with Crippen LogP contribution in [-0.4, -0.2) is 65.3 Å². The molecule has 1 aliphatic heterocycles. The summed E-state index contributed by atoms with van der Waals surface area (Å²) in [7, 11) is 3.78. The normalized spacial score (nSPS) is 17.4. The Morgan fingerprint density at radius 2 is 1.97 bits per heavy atom. The largest absolute Gasteiger partial charge is 0.507 e. The summed E-state index contributed by atoms with van der Waals surface area (Å²) in [5, 5.41) is 22.7. The van der Waals surface area contributed by atoms with E-state index in [1.165, 1.54) is 35.2 Å². The summed E-state index contributed by atoms with van der Waals surface area (Å²) < 4.78 is 5.41. The van der Waals surface area contributed by atoms with E-state index < -0.39 is 28.4 Å². The van der Waals surface area contributed by atoms with Gasteiger partial charge in [0.1, 0.15) is 11.5 Å². The van der Waals surface area contributed by atoms with Crippen LogP contribution in [0.2, 0.25) is 5.02 Å². The first-order valence-corrected chi connectivity index (χ1v) is 11.1. The number of ketones is 1. The van der Waals surface area contributed by atoms with Crippen LogP contribution in [0.25, 0.3) is 5.76 Å². The number of nitrogens with zero attached hydrogens (tertiary/aromatic N) is 3. The molecule has 0 aliphatic carbocycles. The van der Waals surface area contributed by atoms with Crippen molar-refractivity contribution in [3.05, 3.63) is 74.3 Å². The van der Waals surface area contributed by atoms with Crippen LogP contribution in [0.15, 0.2) is 48.0 Å². The van der Waals surface area contributed by atoms with Gasteiger partial charge in [-0.05, 0) is 57.7 Å². The molecule has 0 spiro atoms. The fourth-order valence-corrected chi connectivity index (χ4v) is 4.13. The molecule has 1 aliphatic rings. The van der Waals surface area contributed by atoms with Gasteiger partial charge in [0, 0.05) is 24.2 Å². The highest BCUT2D eigenvalue weighted by atomic mass is 35.5. The van der Waals surface area contributed by atoms with Crippen LogP contribution in [0.3, 0.4) is 0 Å². The molecule has 0 aromatic heterocycles. The third-order valence-corrected chi connectivity index (χ3v) is 5.74. The standard InChI is InChI=1S/C24H26ClN3O6/c1-4-34-19-10-9-16(14-18(19)25)22(29)20-21(15-7-5-8-17(13-15)28(32)33)27(24(31)23(20)30)12-6-11-26(2)3/h5,7-10,13-14,21,29H,4,6,11-12H2,1-3H3/b22-20+/t21-/m0/s1. The molecule has 10 heteroatoms. The van der Waals surface area contributed by atoms with Crippen LogP contribution in [0.4, 0.5) is 5.69 Å². The fraction of sp³-hybridized carbons (Fsp3) is 0.333. The van der Waals surface area contributed by atoms with Gasteiger partial charge in [-0.25, -0.2) is 0 Å². The number of aliphatic hydroxyl groups is 1. The molecule has 1 saturated heterocycles. The Bertz CT molecular complexity index is 1150. The predicted molar refractivity (Wildman–Crippen MR) is 128 cm³/mol. The maximum Gasteiger partial charge on any atom is 0.295 e. The average molecular weight is 488 g/mol. The lowest BCUT2D eigenvalue weighted by molar-refractivity contribution is -0.384. The number of amides is 1. The van der Waals surface area contributed by atoms with Gasteiger partial charge in [0.2, 0.25) is 0 Å². The van der Waals surface area contributed by atoms with Gasteiger partial charge in [0.25, 0.3) is 17.4 Å². The summed E-state index contributed by atoms with van der Waals surface area (Å²) in [6, 6.07) is 9.30. The summed E-state index contributed by atoms with van der Waals surface area (Å²) in [5.74, 6) is -1.62. The van der Waals surface area contributed by atoms with Crippen molar-refractivity contribution in [1.82, 2.24) is 9.80 Å². The molecule has 1 heterocycles. The smallest absolute Gasteiger partial charge is 0.295 e. The van der Waals surface area contributed by atoms with E-state index in [0.717, 1.165) is 0 Å². The average Bonchev–Trinajstić information content (AvgIpc) is 3.05. The second-order valence-electron chi connectivity index (χ2n) is 8.08. The van der Waals surface area contributed by atoms with Gasteiger partial charge in [0.05, 0.1) is 28.2 Å². The Labute approximate surface area is 202 Å². The number of hydrogen-bond donors (Lipinski definition) is 1. The van der Waals surface area contributed by atoms with Gasteiger partial charge < -0.3 is 19.6 Å². The zero-order chi connectivity index (χ0) is 25.0. The lowest BCUT2D eigenvalue weighted by Crippen LogP contribution is -2.32. The first-order valence-electron chi connectivity index (χ1n) is 10.8. The minimum Gasteiger partial charge on any atom is -0.507 e. The van der Waals surface area contributed by atoms with E-state index in [4.69, 9.17) is 16.3 Å². The number of rotatable bonds is 9. The van der Waals surface area contributed by atoms with Gasteiger partial charge in [-0.15, -0.1) is 0 Å². The molecule has 0 unspecified atom stereocenters. The second-order valence-corrected chi connectivity index (χ2v) is 8.49. The zero-order valence-corrected chi connectivity index (χ0v) is 19.9. The summed E-state index contributed by atoms with van der Waals surface area (Å²) >= 11 is 6.26. The molecule has 1 amide bonds. The minimum atomic E-state index is -0.979. The molecule has 34 heavy (non-hydrogen) atoms. The highest BCUT2D eigenvalue weighted by molar-refractivity contribution is 6.46. The van der Waals surface area contributed by atoms with Crippen molar-refractivity contribution in [3.63, 3.8) is 0 Å². The van der Waals surface area contributed by atoms with Crippen molar-refractivity contribution in [3.8, 4) is 5.75 Å². The number of aliphatic hydroxyl groups excluding tert-OH is 1. The lowest BCUT2D eigenvalue weighted by Gasteiger charge is -2.25. The molecular weight excluding hydrogens is 462 g/mol.